The number of hydrogen-bond acceptors (Lipinski definition) is 0. The summed E-state index contributed by atoms with van der Waals surface area (Å²) in [5.41, 5.74) is 0. The Morgan fingerprint density at radius 1 is 0.400 bits per heavy atom. The molecular weight excluding hydrogens is 1290 g/mol. The molecule has 0 aliphatic rings. The fourth-order valence-corrected chi connectivity index (χ4v) is 0. The van der Waals surface area contributed by atoms with Crippen molar-refractivity contribution in [2.45, 2.75) is 0 Å². The summed E-state index contributed by atoms with van der Waals surface area (Å²) in [6.45, 7) is 0. The maximum absolute atomic E-state index is 0. The predicted molar refractivity (Wildman–Crippen MR) is 3.61 cm³/mol. The van der Waals surface area contributed by atoms with Gasteiger partial charge in [0.15, 0.2) is 0 Å². The summed E-state index contributed by atoms with van der Waals surface area (Å²) in [6.07, 6.45) is 0. The third-order valence-corrected chi connectivity index (χ3v) is 0. The van der Waals surface area contributed by atoms with E-state index < -0.39 is 0 Å². The smallest absolute Gasteiger partial charge is 1.00 e. The molecule has 0 amide bonds. The zero-order chi connectivity index (χ0) is 0. The molecule has 10 heavy (non-hydrogen) atoms. The molecule has 0 fully saturated rings. The summed E-state index contributed by atoms with van der Waals surface area (Å²) in [7, 11) is 0. The van der Waals surface area contributed by atoms with E-state index in [0.717, 1.165) is 0 Å². The van der Waals surface area contributed by atoms with Gasteiger partial charge in [0.1, 0.15) is 0 Å². The molecule has 0 saturated heterocycles. The van der Waals surface area contributed by atoms with E-state index in [4.69, 9.17) is 0 Å². The Labute approximate surface area is 208 Å². The molecule has 0 aliphatic heterocycles. The first kappa shape index (κ1) is 95.3. The Bertz CT molecular complexity index is 11.6. The van der Waals surface area contributed by atoms with Gasteiger partial charge in [-0.05, 0) is 0 Å². The Balaban J connectivity index is 0. The van der Waals surface area contributed by atoms with E-state index in [1.165, 1.54) is 0 Å². The Morgan fingerprint density at radius 3 is 0.400 bits per heavy atom. The van der Waals surface area contributed by atoms with Gasteiger partial charge in [-0.25, -0.2) is 0 Å². The van der Waals surface area contributed by atoms with Crippen LogP contribution < -0.4 is 168 Å². The molecule has 1 nitrogen and oxygen atoms in total. The standard InChI is InChI=1S/7HI.2Ir.H2O/h7*1H;;;1H2/q;;;;;;;+3;+4;/p-7. The second-order valence-electron chi connectivity index (χ2n) is 0. The van der Waals surface area contributed by atoms with Crippen molar-refractivity contribution in [1.29, 1.82) is 0 Å². The molecule has 0 saturated carbocycles. The van der Waals surface area contributed by atoms with Crippen LogP contribution in [0.1, 0.15) is 0 Å². The van der Waals surface area contributed by atoms with E-state index in [0.29, 0.717) is 0 Å². The summed E-state index contributed by atoms with van der Waals surface area (Å²) in [5.74, 6) is 0. The van der Waals surface area contributed by atoms with Crippen LogP contribution in [-0.2, 0) is 40.2 Å². The third kappa shape index (κ3) is 63.3. The Morgan fingerprint density at radius 2 is 0.400 bits per heavy atom. The van der Waals surface area contributed by atoms with Crippen molar-refractivity contribution in [3.8, 4) is 0 Å². The predicted octanol–water partition coefficient (Wildman–Crippen LogP) is -21.8. The van der Waals surface area contributed by atoms with Gasteiger partial charge < -0.3 is 173 Å². The van der Waals surface area contributed by atoms with Gasteiger partial charge in [-0.1, -0.05) is 0 Å². The molecule has 0 atom stereocenters. The number of halogens is 7. The molecule has 0 aromatic rings. The number of rotatable bonds is 0. The van der Waals surface area contributed by atoms with E-state index in [1.54, 1.807) is 0 Å². The van der Waals surface area contributed by atoms with E-state index in [1.807, 2.05) is 0 Å². The summed E-state index contributed by atoms with van der Waals surface area (Å²) in [6, 6.07) is 0. The fraction of sp³-hybridized carbons (Fsp3) is 0. The monoisotopic (exact) mass is 1290 g/mol. The van der Waals surface area contributed by atoms with Gasteiger partial charge in [0, 0.05) is 0 Å². The van der Waals surface area contributed by atoms with Crippen LogP contribution in [0, 0.1) is 0 Å². The van der Waals surface area contributed by atoms with Crippen LogP contribution in [-0.4, -0.2) is 5.48 Å². The number of hydrogen-bond donors (Lipinski definition) is 0. The van der Waals surface area contributed by atoms with Crippen molar-refractivity contribution in [3.63, 3.8) is 0 Å². The fourth-order valence-electron chi connectivity index (χ4n) is 0. The molecule has 0 heterocycles. The second kappa shape index (κ2) is 78.2. The molecule has 0 unspecified atom stereocenters. The minimum atomic E-state index is 0. The Hall–Kier alpha value is 6.37. The molecular formula is H2I7Ir2O. The van der Waals surface area contributed by atoms with Crippen LogP contribution in [0.15, 0.2) is 0 Å². The summed E-state index contributed by atoms with van der Waals surface area (Å²) >= 11 is 0. The van der Waals surface area contributed by atoms with Crippen molar-refractivity contribution in [1.82, 2.24) is 0 Å². The third-order valence-electron chi connectivity index (χ3n) is 0. The summed E-state index contributed by atoms with van der Waals surface area (Å²) in [5, 5.41) is 0. The van der Waals surface area contributed by atoms with E-state index in [9.17, 15) is 0 Å². The van der Waals surface area contributed by atoms with Crippen molar-refractivity contribution in [2.75, 3.05) is 0 Å². The summed E-state index contributed by atoms with van der Waals surface area (Å²) < 4.78 is 0. The zero-order valence-corrected chi connectivity index (χ0v) is 23.7. The van der Waals surface area contributed by atoms with Crippen LogP contribution in [0.25, 0.3) is 0 Å². The van der Waals surface area contributed by atoms with Crippen LogP contribution >= 0.6 is 0 Å². The van der Waals surface area contributed by atoms with E-state index >= 15 is 0 Å². The largest absolute Gasteiger partial charge is 4.00 e. The van der Waals surface area contributed by atoms with Crippen LogP contribution in [0.3, 0.4) is 0 Å². The summed E-state index contributed by atoms with van der Waals surface area (Å²) in [4.78, 5) is 0. The minimum Gasteiger partial charge on any atom is -1.00 e. The second-order valence-corrected chi connectivity index (χ2v) is 0. The molecule has 0 aromatic carbocycles. The first-order chi connectivity index (χ1) is 0. The van der Waals surface area contributed by atoms with Gasteiger partial charge in [0.2, 0.25) is 0 Å². The molecule has 75 valence electrons. The zero-order valence-electron chi connectivity index (χ0n) is 3.81. The van der Waals surface area contributed by atoms with Crippen molar-refractivity contribution in [2.24, 2.45) is 0 Å². The molecule has 10 heteroatoms. The van der Waals surface area contributed by atoms with Gasteiger partial charge in [0.25, 0.3) is 0 Å². The molecule has 0 aliphatic carbocycles. The SMILES string of the molecule is O.[I-].[I-].[I-].[I-].[I-].[I-].[I-].[Ir+3].[Ir+4]. The first-order valence-electron chi connectivity index (χ1n) is 0. The van der Waals surface area contributed by atoms with E-state index in [2.05, 4.69) is 0 Å². The van der Waals surface area contributed by atoms with Crippen LogP contribution in [0.5, 0.6) is 0 Å². The van der Waals surface area contributed by atoms with Crippen LogP contribution in [0.4, 0.5) is 0 Å². The average molecular weight is 1290 g/mol. The van der Waals surface area contributed by atoms with Gasteiger partial charge in [-0.3, -0.25) is 0 Å². The van der Waals surface area contributed by atoms with Crippen molar-refractivity contribution in [3.05, 3.63) is 0 Å². The molecule has 1 radical (unpaired) electrons. The van der Waals surface area contributed by atoms with Crippen molar-refractivity contribution >= 4 is 0 Å². The van der Waals surface area contributed by atoms with E-state index in [-0.39, 0.29) is 214 Å². The molecule has 0 aromatic heterocycles. The minimum absolute atomic E-state index is 0. The maximum Gasteiger partial charge on any atom is 4.00 e. The Kier molecular flexibility index (Phi) is 746. The molecule has 0 rings (SSSR count). The van der Waals surface area contributed by atoms with Crippen LogP contribution in [0.2, 0.25) is 0 Å². The van der Waals surface area contributed by atoms with Gasteiger partial charge in [0.05, 0.1) is 0 Å². The topological polar surface area (TPSA) is 31.5 Å². The normalized spacial score (nSPS) is 0. The molecule has 0 spiro atoms. The molecule has 0 bridgehead atoms. The quantitative estimate of drug-likeness (QED) is 0.217. The maximum atomic E-state index is 0. The first-order valence-corrected chi connectivity index (χ1v) is 0. The van der Waals surface area contributed by atoms with Crippen molar-refractivity contribution < 1.29 is 214 Å². The van der Waals surface area contributed by atoms with Gasteiger partial charge >= 0.3 is 40.2 Å². The average Bonchev–Trinajstić information content (AvgIpc) is 0. The molecule has 2 N–H and O–H groups in total. The van der Waals surface area contributed by atoms with Gasteiger partial charge in [-0.2, -0.15) is 0 Å². The van der Waals surface area contributed by atoms with Gasteiger partial charge in [-0.15, -0.1) is 0 Å².